The van der Waals surface area contributed by atoms with Crippen molar-refractivity contribution in [2.45, 2.75) is 30.8 Å². The number of carbonyl (C=O) groups excluding carboxylic acids is 2. The van der Waals surface area contributed by atoms with Crippen LogP contribution >= 0.6 is 11.9 Å². The van der Waals surface area contributed by atoms with Crippen molar-refractivity contribution in [3.8, 4) is 5.75 Å². The highest BCUT2D eigenvalue weighted by Gasteiger charge is 2.23. The van der Waals surface area contributed by atoms with Crippen LogP contribution < -0.4 is 13.9 Å². The van der Waals surface area contributed by atoms with Crippen molar-refractivity contribution in [3.63, 3.8) is 0 Å². The van der Waals surface area contributed by atoms with Gasteiger partial charge in [0.15, 0.2) is 0 Å². The third kappa shape index (κ3) is 6.70. The van der Waals surface area contributed by atoms with Crippen LogP contribution in [0.5, 0.6) is 5.75 Å². The number of nitrogens with zero attached hydrogens (tertiary/aromatic N) is 2. The second-order valence-electron chi connectivity index (χ2n) is 8.99. The first-order valence-corrected chi connectivity index (χ1v) is 13.3. The van der Waals surface area contributed by atoms with E-state index in [0.717, 1.165) is 39.1 Å². The van der Waals surface area contributed by atoms with E-state index in [1.54, 1.807) is 25.3 Å². The van der Waals surface area contributed by atoms with E-state index in [9.17, 15) is 14.0 Å². The van der Waals surface area contributed by atoms with Crippen molar-refractivity contribution in [3.05, 3.63) is 96.3 Å². The van der Waals surface area contributed by atoms with Crippen molar-refractivity contribution in [1.82, 2.24) is 0 Å². The van der Waals surface area contributed by atoms with Crippen molar-refractivity contribution in [2.75, 3.05) is 30.0 Å². The molecule has 1 unspecified atom stereocenters. The van der Waals surface area contributed by atoms with Crippen LogP contribution in [0.25, 0.3) is 10.8 Å². The molecule has 0 fully saturated rings. The molecule has 0 N–H and O–H groups in total. The Morgan fingerprint density at radius 1 is 0.923 bits per heavy atom. The molecule has 1 atom stereocenters. The SMILES string of the molecule is COC(=O)CC(C)N(Cc1ccccc1F)c1ccc(N(CC=O)Sc2ccc(OC)cc2)c2ccccc12. The number of anilines is 2. The first-order valence-electron chi connectivity index (χ1n) is 12.6. The Labute approximate surface area is 232 Å². The summed E-state index contributed by atoms with van der Waals surface area (Å²) in [4.78, 5) is 26.9. The Morgan fingerprint density at radius 3 is 2.21 bits per heavy atom. The van der Waals surface area contributed by atoms with Crippen molar-refractivity contribution in [2.24, 2.45) is 0 Å². The summed E-state index contributed by atoms with van der Waals surface area (Å²) in [5.74, 6) is 0.115. The Kier molecular flexibility index (Phi) is 9.44. The minimum Gasteiger partial charge on any atom is -0.497 e. The second-order valence-corrected chi connectivity index (χ2v) is 10.1. The average Bonchev–Trinajstić information content (AvgIpc) is 2.96. The molecule has 4 rings (SSSR count). The summed E-state index contributed by atoms with van der Waals surface area (Å²) in [7, 11) is 2.98. The highest BCUT2D eigenvalue weighted by Crippen LogP contribution is 2.39. The standard InChI is InChI=1S/C31H31FN2O4S/c1-22(20-31(36)38-3)33(21-23-8-4-7-11-28(23)32)29-16-17-30(27-10-6-5-9-26(27)29)34(18-19-35)39-25-14-12-24(37-2)13-15-25/h4-17,19,22H,18,20-21H2,1-3H3. The lowest BCUT2D eigenvalue weighted by Gasteiger charge is -2.33. The van der Waals surface area contributed by atoms with Gasteiger partial charge in [0.05, 0.1) is 32.9 Å². The molecule has 0 aliphatic carbocycles. The van der Waals surface area contributed by atoms with Crippen molar-refractivity contribution in [1.29, 1.82) is 0 Å². The number of halogens is 1. The second kappa shape index (κ2) is 13.2. The summed E-state index contributed by atoms with van der Waals surface area (Å²) >= 11 is 1.46. The summed E-state index contributed by atoms with van der Waals surface area (Å²) in [6, 6.07) is 25.9. The van der Waals surface area contributed by atoms with E-state index in [1.807, 2.05) is 76.8 Å². The monoisotopic (exact) mass is 546 g/mol. The van der Waals surface area contributed by atoms with Gasteiger partial charge < -0.3 is 23.5 Å². The van der Waals surface area contributed by atoms with Gasteiger partial charge in [-0.25, -0.2) is 4.39 Å². The molecule has 4 aromatic rings. The smallest absolute Gasteiger partial charge is 0.307 e. The van der Waals surface area contributed by atoms with Gasteiger partial charge in [0, 0.05) is 39.5 Å². The van der Waals surface area contributed by atoms with Gasteiger partial charge in [-0.3, -0.25) is 4.79 Å². The van der Waals surface area contributed by atoms with Gasteiger partial charge in [-0.2, -0.15) is 0 Å². The molecule has 0 radical (unpaired) electrons. The number of aldehydes is 1. The van der Waals surface area contributed by atoms with E-state index in [4.69, 9.17) is 9.47 Å². The van der Waals surface area contributed by atoms with Crippen LogP contribution in [0.2, 0.25) is 0 Å². The summed E-state index contributed by atoms with van der Waals surface area (Å²) in [6.07, 6.45) is 1.02. The molecule has 4 aromatic carbocycles. The molecule has 39 heavy (non-hydrogen) atoms. The third-order valence-electron chi connectivity index (χ3n) is 6.49. The molecular formula is C31H31FN2O4S. The van der Waals surface area contributed by atoms with Gasteiger partial charge in [-0.15, -0.1) is 0 Å². The van der Waals surface area contributed by atoms with E-state index >= 15 is 0 Å². The largest absolute Gasteiger partial charge is 0.497 e. The zero-order valence-electron chi connectivity index (χ0n) is 22.2. The molecule has 0 amide bonds. The van der Waals surface area contributed by atoms with Gasteiger partial charge in [-0.1, -0.05) is 42.5 Å². The zero-order chi connectivity index (χ0) is 27.8. The van der Waals surface area contributed by atoms with E-state index in [-0.39, 0.29) is 37.3 Å². The fourth-order valence-corrected chi connectivity index (χ4v) is 5.38. The fourth-order valence-electron chi connectivity index (χ4n) is 4.47. The number of benzene rings is 4. The Morgan fingerprint density at radius 2 is 1.56 bits per heavy atom. The minimum absolute atomic E-state index is 0.144. The van der Waals surface area contributed by atoms with Crippen LogP contribution in [0.3, 0.4) is 0 Å². The summed E-state index contributed by atoms with van der Waals surface area (Å²) in [5, 5.41) is 1.86. The molecule has 0 aliphatic rings. The van der Waals surface area contributed by atoms with Gasteiger partial charge in [-0.05, 0) is 61.3 Å². The van der Waals surface area contributed by atoms with Crippen LogP contribution in [0.15, 0.2) is 89.8 Å². The van der Waals surface area contributed by atoms with Gasteiger partial charge in [0.2, 0.25) is 0 Å². The normalized spacial score (nSPS) is 11.6. The predicted molar refractivity (Wildman–Crippen MR) is 155 cm³/mol. The number of esters is 1. The van der Waals surface area contributed by atoms with Gasteiger partial charge in [0.1, 0.15) is 17.9 Å². The van der Waals surface area contributed by atoms with Gasteiger partial charge in [0.25, 0.3) is 0 Å². The Balaban J connectivity index is 1.78. The lowest BCUT2D eigenvalue weighted by atomic mass is 10.0. The molecule has 0 heterocycles. The molecule has 0 saturated carbocycles. The molecule has 0 spiro atoms. The van der Waals surface area contributed by atoms with Crippen molar-refractivity contribution >= 4 is 46.4 Å². The van der Waals surface area contributed by atoms with Gasteiger partial charge >= 0.3 is 5.97 Å². The highest BCUT2D eigenvalue weighted by molar-refractivity contribution is 8.00. The Bertz CT molecular complexity index is 1430. The summed E-state index contributed by atoms with van der Waals surface area (Å²) in [6.45, 7) is 2.38. The number of methoxy groups -OCH3 is 2. The minimum atomic E-state index is -0.338. The lowest BCUT2D eigenvalue weighted by Crippen LogP contribution is -2.35. The number of hydrogen-bond acceptors (Lipinski definition) is 7. The number of carbonyl (C=O) groups is 2. The quantitative estimate of drug-likeness (QED) is 0.112. The van der Waals surface area contributed by atoms with Crippen LogP contribution in [0, 0.1) is 5.82 Å². The Hall–Kier alpha value is -4.04. The highest BCUT2D eigenvalue weighted by atomic mass is 32.2. The third-order valence-corrected chi connectivity index (χ3v) is 7.54. The number of ether oxygens (including phenoxy) is 2. The molecule has 0 aliphatic heterocycles. The van der Waals surface area contributed by atoms with Crippen LogP contribution in [-0.4, -0.2) is 39.1 Å². The maximum atomic E-state index is 14.7. The molecule has 8 heteroatoms. The molecule has 202 valence electrons. The number of fused-ring (bicyclic) bond motifs is 1. The fraction of sp³-hybridized carbons (Fsp3) is 0.226. The molecule has 0 saturated heterocycles. The number of hydrogen-bond donors (Lipinski definition) is 0. The van der Waals surface area contributed by atoms with Crippen LogP contribution in [0.1, 0.15) is 18.9 Å². The lowest BCUT2D eigenvalue weighted by molar-refractivity contribution is -0.140. The zero-order valence-corrected chi connectivity index (χ0v) is 23.0. The predicted octanol–water partition coefficient (Wildman–Crippen LogP) is 6.66. The summed E-state index contributed by atoms with van der Waals surface area (Å²) < 4.78 is 26.8. The topological polar surface area (TPSA) is 59.1 Å². The molecule has 0 aromatic heterocycles. The first kappa shape index (κ1) is 28.0. The van der Waals surface area contributed by atoms with Crippen molar-refractivity contribution < 1.29 is 23.5 Å². The average molecular weight is 547 g/mol. The maximum Gasteiger partial charge on any atom is 0.307 e. The molecule has 6 nitrogen and oxygen atoms in total. The van der Waals surface area contributed by atoms with E-state index in [1.165, 1.54) is 25.1 Å². The van der Waals surface area contributed by atoms with E-state index < -0.39 is 0 Å². The van der Waals surface area contributed by atoms with Crippen LogP contribution in [0.4, 0.5) is 15.8 Å². The maximum absolute atomic E-state index is 14.7. The number of rotatable bonds is 12. The first-order chi connectivity index (χ1) is 18.9. The molecule has 0 bridgehead atoms. The molecular weight excluding hydrogens is 515 g/mol. The van der Waals surface area contributed by atoms with E-state index in [0.29, 0.717) is 5.56 Å². The van der Waals surface area contributed by atoms with E-state index in [2.05, 4.69) is 0 Å². The summed E-state index contributed by atoms with van der Waals surface area (Å²) in [5.41, 5.74) is 2.25. The van der Waals surface area contributed by atoms with Crippen LogP contribution in [-0.2, 0) is 20.9 Å².